The van der Waals surface area contributed by atoms with Crippen molar-refractivity contribution >= 4 is 43.1 Å². The summed E-state index contributed by atoms with van der Waals surface area (Å²) in [7, 11) is 0. The molecule has 7 aromatic rings. The zero-order valence-electron chi connectivity index (χ0n) is 19.0. The van der Waals surface area contributed by atoms with Gasteiger partial charge < -0.3 is 0 Å². The second-order valence-electron chi connectivity index (χ2n) is 9.12. The fourth-order valence-corrected chi connectivity index (χ4v) is 5.53. The van der Waals surface area contributed by atoms with Gasteiger partial charge in [0.2, 0.25) is 0 Å². The van der Waals surface area contributed by atoms with Crippen LogP contribution in [0.1, 0.15) is 0 Å². The number of halogens is 1. The molecule has 0 N–H and O–H groups in total. The van der Waals surface area contributed by atoms with Crippen LogP contribution in [0.3, 0.4) is 0 Å². The standard InChI is InChI=1S/C34H21F/c35-28-20-26(33-29-13-5-1-9-22(29)17-23-10-2-6-14-30(23)33)19-27(21-28)34-31-15-7-3-11-24(31)18-25-12-4-8-16-32(25)34/h1-21H. The summed E-state index contributed by atoms with van der Waals surface area (Å²) in [4.78, 5) is 0. The van der Waals surface area contributed by atoms with E-state index in [4.69, 9.17) is 0 Å². The molecule has 0 bridgehead atoms. The maximum absolute atomic E-state index is 15.4. The third kappa shape index (κ3) is 3.20. The Morgan fingerprint density at radius 2 is 0.657 bits per heavy atom. The van der Waals surface area contributed by atoms with Crippen LogP contribution in [0.15, 0.2) is 127 Å². The molecule has 0 aliphatic carbocycles. The zero-order valence-corrected chi connectivity index (χ0v) is 19.0. The van der Waals surface area contributed by atoms with Gasteiger partial charge in [-0.15, -0.1) is 0 Å². The van der Waals surface area contributed by atoms with E-state index in [1.165, 1.54) is 0 Å². The van der Waals surface area contributed by atoms with Crippen LogP contribution >= 0.6 is 0 Å². The summed E-state index contributed by atoms with van der Waals surface area (Å²) in [5, 5.41) is 9.14. The van der Waals surface area contributed by atoms with Crippen LogP contribution in [0.4, 0.5) is 4.39 Å². The molecule has 0 unspecified atom stereocenters. The molecule has 0 spiro atoms. The highest BCUT2D eigenvalue weighted by Gasteiger charge is 2.15. The molecule has 0 aliphatic rings. The highest BCUT2D eigenvalue weighted by atomic mass is 19.1. The first-order chi connectivity index (χ1) is 17.3. The van der Waals surface area contributed by atoms with Crippen molar-refractivity contribution in [2.45, 2.75) is 0 Å². The van der Waals surface area contributed by atoms with E-state index in [0.717, 1.165) is 65.3 Å². The van der Waals surface area contributed by atoms with E-state index in [0.29, 0.717) is 0 Å². The van der Waals surface area contributed by atoms with Gasteiger partial charge in [0, 0.05) is 0 Å². The van der Waals surface area contributed by atoms with E-state index in [2.05, 4.69) is 115 Å². The lowest BCUT2D eigenvalue weighted by Crippen LogP contribution is -1.91. The Kier molecular flexibility index (Phi) is 4.43. The average Bonchev–Trinajstić information content (AvgIpc) is 2.90. The van der Waals surface area contributed by atoms with E-state index < -0.39 is 0 Å². The Morgan fingerprint density at radius 3 is 1.00 bits per heavy atom. The lowest BCUT2D eigenvalue weighted by atomic mass is 9.88. The van der Waals surface area contributed by atoms with Gasteiger partial charge >= 0.3 is 0 Å². The van der Waals surface area contributed by atoms with Crippen molar-refractivity contribution in [1.29, 1.82) is 0 Å². The van der Waals surface area contributed by atoms with Gasteiger partial charge in [-0.2, -0.15) is 0 Å². The van der Waals surface area contributed by atoms with E-state index in [-0.39, 0.29) is 5.82 Å². The Balaban J connectivity index is 1.60. The molecular formula is C34H21F. The quantitative estimate of drug-likeness (QED) is 0.231. The molecule has 0 radical (unpaired) electrons. The summed E-state index contributed by atoms with van der Waals surface area (Å²) in [5.41, 5.74) is 3.93. The molecule has 1 heteroatoms. The second kappa shape index (κ2) is 7.78. The summed E-state index contributed by atoms with van der Waals surface area (Å²) < 4.78 is 15.4. The molecule has 0 fully saturated rings. The minimum atomic E-state index is -0.230. The van der Waals surface area contributed by atoms with Crippen LogP contribution < -0.4 is 0 Å². The van der Waals surface area contributed by atoms with Crippen molar-refractivity contribution in [3.8, 4) is 22.3 Å². The van der Waals surface area contributed by atoms with E-state index in [9.17, 15) is 0 Å². The first-order valence-corrected chi connectivity index (χ1v) is 11.9. The summed E-state index contributed by atoms with van der Waals surface area (Å²) >= 11 is 0. The predicted octanol–water partition coefficient (Wildman–Crippen LogP) is 9.77. The molecule has 164 valence electrons. The maximum Gasteiger partial charge on any atom is 0.124 e. The van der Waals surface area contributed by atoms with Gasteiger partial charge in [0.25, 0.3) is 0 Å². The number of benzene rings is 7. The third-order valence-electron chi connectivity index (χ3n) is 7.02. The number of hydrogen-bond acceptors (Lipinski definition) is 0. The van der Waals surface area contributed by atoms with Crippen LogP contribution in [0, 0.1) is 5.82 Å². The molecule has 0 aliphatic heterocycles. The molecule has 0 atom stereocenters. The van der Waals surface area contributed by atoms with Crippen molar-refractivity contribution in [2.24, 2.45) is 0 Å². The summed E-state index contributed by atoms with van der Waals surface area (Å²) in [6.07, 6.45) is 0. The summed E-state index contributed by atoms with van der Waals surface area (Å²) in [6, 6.07) is 43.4. The first-order valence-electron chi connectivity index (χ1n) is 11.9. The van der Waals surface area contributed by atoms with Crippen molar-refractivity contribution < 1.29 is 4.39 Å². The second-order valence-corrected chi connectivity index (χ2v) is 9.12. The van der Waals surface area contributed by atoms with Gasteiger partial charge in [0.1, 0.15) is 5.82 Å². The SMILES string of the molecule is Fc1cc(-c2c3ccccc3cc3ccccc23)cc(-c2c3ccccc3cc3ccccc23)c1. The normalized spacial score (nSPS) is 11.6. The Bertz CT molecular complexity index is 1670. The Morgan fingerprint density at radius 1 is 0.343 bits per heavy atom. The van der Waals surface area contributed by atoms with Gasteiger partial charge in [0.15, 0.2) is 0 Å². The summed E-state index contributed by atoms with van der Waals surface area (Å²) in [6.45, 7) is 0. The van der Waals surface area contributed by atoms with Crippen LogP contribution in [-0.4, -0.2) is 0 Å². The maximum atomic E-state index is 15.4. The first kappa shape index (κ1) is 19.9. The van der Waals surface area contributed by atoms with Crippen LogP contribution in [0.2, 0.25) is 0 Å². The predicted molar refractivity (Wildman–Crippen MR) is 147 cm³/mol. The molecule has 0 heterocycles. The molecule has 0 saturated carbocycles. The van der Waals surface area contributed by atoms with Crippen molar-refractivity contribution in [1.82, 2.24) is 0 Å². The van der Waals surface area contributed by atoms with E-state index >= 15 is 4.39 Å². The number of fused-ring (bicyclic) bond motifs is 4. The molecule has 35 heavy (non-hydrogen) atoms. The summed E-state index contributed by atoms with van der Waals surface area (Å²) in [5.74, 6) is -0.230. The van der Waals surface area contributed by atoms with Crippen LogP contribution in [0.25, 0.3) is 65.3 Å². The average molecular weight is 449 g/mol. The third-order valence-corrected chi connectivity index (χ3v) is 7.02. The highest BCUT2D eigenvalue weighted by molar-refractivity contribution is 6.15. The molecule has 0 saturated heterocycles. The number of hydrogen-bond donors (Lipinski definition) is 0. The fourth-order valence-electron chi connectivity index (χ4n) is 5.53. The molecule has 7 rings (SSSR count). The van der Waals surface area contributed by atoms with Crippen molar-refractivity contribution in [2.75, 3.05) is 0 Å². The van der Waals surface area contributed by atoms with E-state index in [1.807, 2.05) is 0 Å². The molecule has 7 aromatic carbocycles. The molecular weight excluding hydrogens is 427 g/mol. The monoisotopic (exact) mass is 448 g/mol. The van der Waals surface area contributed by atoms with Crippen molar-refractivity contribution in [3.63, 3.8) is 0 Å². The van der Waals surface area contributed by atoms with E-state index in [1.54, 1.807) is 12.1 Å². The van der Waals surface area contributed by atoms with Crippen LogP contribution in [-0.2, 0) is 0 Å². The lowest BCUT2D eigenvalue weighted by Gasteiger charge is -2.16. The highest BCUT2D eigenvalue weighted by Crippen LogP contribution is 2.41. The largest absolute Gasteiger partial charge is 0.207 e. The van der Waals surface area contributed by atoms with Crippen LogP contribution in [0.5, 0.6) is 0 Å². The fraction of sp³-hybridized carbons (Fsp3) is 0. The van der Waals surface area contributed by atoms with Gasteiger partial charge in [0.05, 0.1) is 0 Å². The lowest BCUT2D eigenvalue weighted by molar-refractivity contribution is 0.629. The van der Waals surface area contributed by atoms with Crippen molar-refractivity contribution in [3.05, 3.63) is 133 Å². The molecule has 0 aromatic heterocycles. The van der Waals surface area contributed by atoms with Gasteiger partial charge in [-0.1, -0.05) is 97.1 Å². The topological polar surface area (TPSA) is 0 Å². The Hall–Kier alpha value is -4.49. The molecule has 0 nitrogen and oxygen atoms in total. The molecule has 0 amide bonds. The van der Waals surface area contributed by atoms with Gasteiger partial charge in [-0.05, 0) is 95.7 Å². The number of rotatable bonds is 2. The smallest absolute Gasteiger partial charge is 0.124 e. The zero-order chi connectivity index (χ0) is 23.4. The van der Waals surface area contributed by atoms with Gasteiger partial charge in [-0.3, -0.25) is 0 Å². The minimum Gasteiger partial charge on any atom is -0.207 e. The minimum absolute atomic E-state index is 0.230. The Labute approximate surface area is 202 Å². The van der Waals surface area contributed by atoms with Gasteiger partial charge in [-0.25, -0.2) is 4.39 Å².